The predicted molar refractivity (Wildman–Crippen MR) is 93.1 cm³/mol. The molecule has 2 saturated carbocycles. The van der Waals surface area contributed by atoms with Gasteiger partial charge in [-0.25, -0.2) is 4.98 Å². The molecule has 0 bridgehead atoms. The van der Waals surface area contributed by atoms with E-state index in [-0.39, 0.29) is 33.6 Å². The summed E-state index contributed by atoms with van der Waals surface area (Å²) in [5, 5.41) is 19.1. The van der Waals surface area contributed by atoms with Gasteiger partial charge in [-0.1, -0.05) is 0 Å². The van der Waals surface area contributed by atoms with Gasteiger partial charge in [0.2, 0.25) is 0 Å². The summed E-state index contributed by atoms with van der Waals surface area (Å²) in [5.41, 5.74) is 5.74. The van der Waals surface area contributed by atoms with Crippen LogP contribution in [0.15, 0.2) is 29.3 Å². The van der Waals surface area contributed by atoms with Gasteiger partial charge in [-0.05, 0) is 49.6 Å². The Morgan fingerprint density at radius 3 is 2.56 bits per heavy atom. The fourth-order valence-corrected chi connectivity index (χ4v) is 3.45. The van der Waals surface area contributed by atoms with Crippen LogP contribution in [-0.2, 0) is 6.18 Å². The van der Waals surface area contributed by atoms with E-state index in [1.54, 1.807) is 18.3 Å². The lowest BCUT2D eigenvalue weighted by Gasteiger charge is -2.13. The first-order valence-electron chi connectivity index (χ1n) is 8.25. The summed E-state index contributed by atoms with van der Waals surface area (Å²) in [4.78, 5) is 8.66. The number of aromatic hydroxyl groups is 1. The number of nitrogen functional groups attached to an aromatic ring is 1. The van der Waals surface area contributed by atoms with Crippen LogP contribution >= 0.6 is 0 Å². The van der Waals surface area contributed by atoms with Crippen molar-refractivity contribution >= 4 is 12.0 Å². The van der Waals surface area contributed by atoms with Crippen LogP contribution in [0.25, 0.3) is 11.3 Å². The predicted octanol–water partition coefficient (Wildman–Crippen LogP) is 3.84. The van der Waals surface area contributed by atoms with Crippen molar-refractivity contribution < 1.29 is 18.3 Å². The summed E-state index contributed by atoms with van der Waals surface area (Å²) in [5.74, 6) is -0.362. The number of benzene rings is 1. The molecule has 0 amide bonds. The molecule has 27 heavy (non-hydrogen) atoms. The van der Waals surface area contributed by atoms with E-state index < -0.39 is 17.5 Å². The molecule has 8 heteroatoms. The van der Waals surface area contributed by atoms with E-state index in [2.05, 4.69) is 16.0 Å². The number of aryl methyl sites for hydroxylation is 1. The van der Waals surface area contributed by atoms with Crippen LogP contribution in [0.1, 0.15) is 29.5 Å². The van der Waals surface area contributed by atoms with Crippen LogP contribution < -0.4 is 5.73 Å². The topological polar surface area (TPSA) is 95.3 Å². The van der Waals surface area contributed by atoms with Gasteiger partial charge in [0.25, 0.3) is 0 Å². The van der Waals surface area contributed by atoms with E-state index in [0.29, 0.717) is 11.6 Å². The SMILES string of the molecule is Cc1cc(C(F)(F)F)cc(O)c1-c1ccc(C=NC23CC2(C#N)C3)c(N)n1. The summed E-state index contributed by atoms with van der Waals surface area (Å²) >= 11 is 0. The number of anilines is 1. The second-order valence-electron chi connectivity index (χ2n) is 7.19. The minimum Gasteiger partial charge on any atom is -0.507 e. The Morgan fingerprint density at radius 1 is 1.33 bits per heavy atom. The van der Waals surface area contributed by atoms with Crippen molar-refractivity contribution in [2.45, 2.75) is 31.5 Å². The number of nitriles is 1. The molecule has 0 spiro atoms. The number of nitrogens with two attached hydrogens (primary N) is 1. The number of nitrogens with zero attached hydrogens (tertiary/aromatic N) is 3. The van der Waals surface area contributed by atoms with Crippen LogP contribution in [0.3, 0.4) is 0 Å². The first kappa shape index (κ1) is 17.3. The van der Waals surface area contributed by atoms with Gasteiger partial charge >= 0.3 is 6.18 Å². The van der Waals surface area contributed by atoms with Gasteiger partial charge in [0.1, 0.15) is 11.6 Å². The number of halogens is 3. The van der Waals surface area contributed by atoms with E-state index in [9.17, 15) is 18.3 Å². The highest BCUT2D eigenvalue weighted by molar-refractivity contribution is 5.88. The maximum atomic E-state index is 12.9. The van der Waals surface area contributed by atoms with Crippen LogP contribution in [0.5, 0.6) is 5.75 Å². The Balaban J connectivity index is 1.64. The summed E-state index contributed by atoms with van der Waals surface area (Å²) in [7, 11) is 0. The number of phenols is 1. The minimum atomic E-state index is -4.54. The molecule has 2 aromatic rings. The molecule has 0 unspecified atom stereocenters. The highest BCUT2D eigenvalue weighted by Crippen LogP contribution is 2.80. The first-order chi connectivity index (χ1) is 12.6. The molecule has 1 heterocycles. The summed E-state index contributed by atoms with van der Waals surface area (Å²) < 4.78 is 38.6. The van der Waals surface area contributed by atoms with E-state index in [4.69, 9.17) is 11.0 Å². The second-order valence-corrected chi connectivity index (χ2v) is 7.19. The van der Waals surface area contributed by atoms with Crippen LogP contribution in [-0.4, -0.2) is 21.8 Å². The molecule has 2 fully saturated rings. The summed E-state index contributed by atoms with van der Waals surface area (Å²) in [6, 6.07) is 7.13. The number of aliphatic imine (C=N–C) groups is 1. The lowest BCUT2D eigenvalue weighted by atomic mass is 10.00. The Morgan fingerprint density at radius 2 is 2.04 bits per heavy atom. The molecule has 0 saturated heterocycles. The highest BCUT2D eigenvalue weighted by atomic mass is 19.4. The first-order valence-corrected chi connectivity index (χ1v) is 8.25. The molecular weight excluding hydrogens is 357 g/mol. The number of hydrogen-bond acceptors (Lipinski definition) is 5. The fourth-order valence-electron chi connectivity index (χ4n) is 3.45. The molecule has 1 aromatic heterocycles. The molecule has 4 rings (SSSR count). The Labute approximate surface area is 153 Å². The number of fused-ring (bicyclic) bond motifs is 1. The highest BCUT2D eigenvalue weighted by Gasteiger charge is 2.85. The molecule has 0 radical (unpaired) electrons. The van der Waals surface area contributed by atoms with E-state index in [1.165, 1.54) is 6.92 Å². The normalized spacial score (nSPS) is 25.9. The number of hydrogen-bond donors (Lipinski definition) is 2. The summed E-state index contributed by atoms with van der Waals surface area (Å²) in [6.45, 7) is 1.47. The van der Waals surface area contributed by atoms with Crippen LogP contribution in [0.4, 0.5) is 19.0 Å². The van der Waals surface area contributed by atoms with E-state index in [1.807, 2.05) is 0 Å². The number of rotatable bonds is 3. The van der Waals surface area contributed by atoms with Gasteiger partial charge in [0.05, 0.1) is 28.3 Å². The monoisotopic (exact) mass is 372 g/mol. The third-order valence-electron chi connectivity index (χ3n) is 5.35. The van der Waals surface area contributed by atoms with E-state index >= 15 is 0 Å². The van der Waals surface area contributed by atoms with Gasteiger partial charge in [-0.3, -0.25) is 4.99 Å². The minimum absolute atomic E-state index is 0.148. The lowest BCUT2D eigenvalue weighted by molar-refractivity contribution is -0.137. The largest absolute Gasteiger partial charge is 0.507 e. The molecule has 2 aliphatic rings. The van der Waals surface area contributed by atoms with E-state index in [0.717, 1.165) is 18.9 Å². The van der Waals surface area contributed by atoms with Gasteiger partial charge in [-0.15, -0.1) is 0 Å². The van der Waals surface area contributed by atoms with Crippen molar-refractivity contribution in [3.05, 3.63) is 41.0 Å². The second kappa shape index (κ2) is 5.22. The number of aromatic nitrogens is 1. The molecule has 1 aromatic carbocycles. The average Bonchev–Trinajstić information content (AvgIpc) is 3.39. The molecule has 5 nitrogen and oxygen atoms in total. The number of pyridine rings is 1. The zero-order valence-corrected chi connectivity index (χ0v) is 14.3. The van der Waals surface area contributed by atoms with Crippen molar-refractivity contribution in [3.8, 4) is 23.1 Å². The van der Waals surface area contributed by atoms with Gasteiger partial charge in [0.15, 0.2) is 0 Å². The summed E-state index contributed by atoms with van der Waals surface area (Å²) in [6.07, 6.45) is -1.44. The molecule has 2 aliphatic carbocycles. The Hall–Kier alpha value is -3.08. The van der Waals surface area contributed by atoms with Crippen LogP contribution in [0.2, 0.25) is 0 Å². The fraction of sp³-hybridized carbons (Fsp3) is 0.316. The van der Waals surface area contributed by atoms with Crippen LogP contribution in [0, 0.1) is 23.7 Å². The van der Waals surface area contributed by atoms with Gasteiger partial charge < -0.3 is 10.8 Å². The maximum Gasteiger partial charge on any atom is 0.416 e. The van der Waals surface area contributed by atoms with Gasteiger partial charge in [0, 0.05) is 17.3 Å². The van der Waals surface area contributed by atoms with Crippen molar-refractivity contribution in [1.29, 1.82) is 5.26 Å². The Kier molecular flexibility index (Phi) is 3.35. The zero-order valence-electron chi connectivity index (χ0n) is 14.3. The standard InChI is InChI=1S/C19H15F3N4O/c1-10-4-12(19(20,21)22)5-14(27)15(10)13-3-2-11(16(24)26-13)6-25-18-7-17(18,8-18)9-23/h2-6,27H,7-8H2,1H3,(H2,24,26). The molecule has 3 N–H and O–H groups in total. The number of phenolic OH excluding ortho intramolecular Hbond substituents is 1. The maximum absolute atomic E-state index is 12.9. The van der Waals surface area contributed by atoms with Crippen molar-refractivity contribution in [3.63, 3.8) is 0 Å². The third kappa shape index (κ3) is 2.62. The average molecular weight is 372 g/mol. The molecule has 0 atom stereocenters. The third-order valence-corrected chi connectivity index (χ3v) is 5.35. The lowest BCUT2D eigenvalue weighted by Crippen LogP contribution is -2.06. The smallest absolute Gasteiger partial charge is 0.416 e. The molecular formula is C19H15F3N4O. The van der Waals surface area contributed by atoms with Crippen molar-refractivity contribution in [1.82, 2.24) is 4.98 Å². The quantitative estimate of drug-likeness (QED) is 0.800. The van der Waals surface area contributed by atoms with Gasteiger partial charge in [-0.2, -0.15) is 18.4 Å². The zero-order chi connectivity index (χ0) is 19.6. The van der Waals surface area contributed by atoms with Crippen molar-refractivity contribution in [2.75, 3.05) is 5.73 Å². The van der Waals surface area contributed by atoms with Crippen molar-refractivity contribution in [2.24, 2.45) is 10.4 Å². The molecule has 0 aliphatic heterocycles. The number of alkyl halides is 3. The molecule has 138 valence electrons. The Bertz CT molecular complexity index is 1010.